The topological polar surface area (TPSA) is 67.5 Å². The fourth-order valence-electron chi connectivity index (χ4n) is 1.20. The monoisotopic (exact) mass is 221 g/mol. The molecule has 0 aliphatic heterocycles. The first-order valence-electron chi connectivity index (χ1n) is 5.26. The molecule has 0 aromatic heterocycles. The number of hydrogen-bond donors (Lipinski definition) is 1. The lowest BCUT2D eigenvalue weighted by molar-refractivity contribution is -0.384. The predicted molar refractivity (Wildman–Crippen MR) is 64.7 cm³/mol. The predicted octanol–water partition coefficient (Wildman–Crippen LogP) is 3.18. The number of anilines is 1. The van der Waals surface area contributed by atoms with E-state index in [0.717, 1.165) is 19.3 Å². The molecule has 0 saturated heterocycles. The van der Waals surface area contributed by atoms with Gasteiger partial charge in [-0.05, 0) is 18.9 Å². The minimum atomic E-state index is -0.427. The van der Waals surface area contributed by atoms with E-state index in [1.807, 2.05) is 0 Å². The Labute approximate surface area is 94.3 Å². The Morgan fingerprint density at radius 2 is 2.25 bits per heavy atom. The molecule has 1 aromatic carbocycles. The number of hydrazone groups is 1. The van der Waals surface area contributed by atoms with Gasteiger partial charge in [0.15, 0.2) is 0 Å². The Balaban J connectivity index is 2.59. The standard InChI is InChI=1S/C11H15N3O2/c1-2-3-6-9-12-13-10-7-4-5-8-11(10)14(15)16/h4-5,7-9,13H,2-3,6H2,1H3/b12-9-. The maximum Gasteiger partial charge on any atom is 0.294 e. The average molecular weight is 221 g/mol. The number of hydrogen-bond acceptors (Lipinski definition) is 4. The van der Waals surface area contributed by atoms with Crippen molar-refractivity contribution in [3.05, 3.63) is 34.4 Å². The molecule has 0 unspecified atom stereocenters. The number of nitrogens with one attached hydrogen (secondary N) is 1. The molecule has 0 aliphatic carbocycles. The highest BCUT2D eigenvalue weighted by Gasteiger charge is 2.10. The molecule has 0 aliphatic rings. The molecular weight excluding hydrogens is 206 g/mol. The molecule has 1 aromatic rings. The summed E-state index contributed by atoms with van der Waals surface area (Å²) in [5, 5.41) is 14.6. The molecular formula is C11H15N3O2. The number of nitro benzene ring substituents is 1. The van der Waals surface area contributed by atoms with Crippen LogP contribution in [0.1, 0.15) is 26.2 Å². The zero-order chi connectivity index (χ0) is 11.8. The summed E-state index contributed by atoms with van der Waals surface area (Å²) >= 11 is 0. The van der Waals surface area contributed by atoms with E-state index < -0.39 is 4.92 Å². The Hall–Kier alpha value is -1.91. The second-order valence-corrected chi connectivity index (χ2v) is 3.34. The van der Waals surface area contributed by atoms with Crippen LogP contribution in [0.4, 0.5) is 11.4 Å². The van der Waals surface area contributed by atoms with Crippen molar-refractivity contribution in [2.45, 2.75) is 26.2 Å². The first-order chi connectivity index (χ1) is 7.75. The van der Waals surface area contributed by atoms with Gasteiger partial charge in [-0.25, -0.2) is 0 Å². The first-order valence-corrected chi connectivity index (χ1v) is 5.26. The van der Waals surface area contributed by atoms with Crippen LogP contribution < -0.4 is 5.43 Å². The summed E-state index contributed by atoms with van der Waals surface area (Å²) in [6.07, 6.45) is 4.80. The van der Waals surface area contributed by atoms with E-state index in [0.29, 0.717) is 5.69 Å². The van der Waals surface area contributed by atoms with Crippen LogP contribution in [0.3, 0.4) is 0 Å². The highest BCUT2D eigenvalue weighted by atomic mass is 16.6. The maximum atomic E-state index is 10.7. The van der Waals surface area contributed by atoms with E-state index in [1.165, 1.54) is 6.07 Å². The number of nitrogens with zero attached hydrogens (tertiary/aromatic N) is 2. The summed E-state index contributed by atoms with van der Waals surface area (Å²) in [6, 6.07) is 6.44. The first kappa shape index (κ1) is 12.2. The molecule has 0 spiro atoms. The van der Waals surface area contributed by atoms with Crippen molar-refractivity contribution < 1.29 is 4.92 Å². The number of para-hydroxylation sites is 2. The van der Waals surface area contributed by atoms with Crippen molar-refractivity contribution in [2.24, 2.45) is 5.10 Å². The summed E-state index contributed by atoms with van der Waals surface area (Å²) in [5.41, 5.74) is 3.14. The van der Waals surface area contributed by atoms with Gasteiger partial charge in [0, 0.05) is 12.3 Å². The summed E-state index contributed by atoms with van der Waals surface area (Å²) in [5.74, 6) is 0. The van der Waals surface area contributed by atoms with Crippen LogP contribution in [0.2, 0.25) is 0 Å². The van der Waals surface area contributed by atoms with E-state index in [9.17, 15) is 10.1 Å². The van der Waals surface area contributed by atoms with E-state index in [2.05, 4.69) is 17.5 Å². The Bertz CT molecular complexity index is 377. The fraction of sp³-hybridized carbons (Fsp3) is 0.364. The summed E-state index contributed by atoms with van der Waals surface area (Å²) in [4.78, 5) is 10.2. The van der Waals surface area contributed by atoms with Gasteiger partial charge in [-0.15, -0.1) is 0 Å². The molecule has 0 amide bonds. The van der Waals surface area contributed by atoms with Crippen molar-refractivity contribution >= 4 is 17.6 Å². The Morgan fingerprint density at radius 1 is 1.50 bits per heavy atom. The second kappa shape index (κ2) is 6.55. The largest absolute Gasteiger partial charge is 0.294 e. The summed E-state index contributed by atoms with van der Waals surface area (Å²) < 4.78 is 0. The third-order valence-electron chi connectivity index (χ3n) is 2.06. The lowest BCUT2D eigenvalue weighted by atomic mass is 10.3. The number of benzene rings is 1. The van der Waals surface area contributed by atoms with Crippen LogP contribution in [-0.2, 0) is 0 Å². The minimum absolute atomic E-state index is 0.0372. The van der Waals surface area contributed by atoms with Gasteiger partial charge < -0.3 is 0 Å². The quantitative estimate of drug-likeness (QED) is 0.347. The zero-order valence-electron chi connectivity index (χ0n) is 9.22. The normalized spacial score (nSPS) is 10.6. The van der Waals surface area contributed by atoms with Crippen molar-refractivity contribution in [3.8, 4) is 0 Å². The number of unbranched alkanes of at least 4 members (excludes halogenated alkanes) is 2. The smallest absolute Gasteiger partial charge is 0.272 e. The maximum absolute atomic E-state index is 10.7. The van der Waals surface area contributed by atoms with Gasteiger partial charge >= 0.3 is 0 Å². The molecule has 5 nitrogen and oxygen atoms in total. The van der Waals surface area contributed by atoms with Gasteiger partial charge in [-0.1, -0.05) is 25.5 Å². The van der Waals surface area contributed by atoms with Gasteiger partial charge in [0.25, 0.3) is 5.69 Å². The molecule has 16 heavy (non-hydrogen) atoms. The third kappa shape index (κ3) is 3.68. The van der Waals surface area contributed by atoms with Gasteiger partial charge in [0.05, 0.1) is 4.92 Å². The molecule has 0 bridgehead atoms. The van der Waals surface area contributed by atoms with Crippen molar-refractivity contribution in [1.82, 2.24) is 0 Å². The molecule has 1 N–H and O–H groups in total. The van der Waals surface area contributed by atoms with Crippen LogP contribution in [0, 0.1) is 10.1 Å². The lowest BCUT2D eigenvalue weighted by Crippen LogP contribution is -1.96. The van der Waals surface area contributed by atoms with Crippen LogP contribution in [0.25, 0.3) is 0 Å². The SMILES string of the molecule is CCCC/C=N\Nc1ccccc1[N+](=O)[O-]. The molecule has 0 radical (unpaired) electrons. The third-order valence-corrected chi connectivity index (χ3v) is 2.06. The van der Waals surface area contributed by atoms with E-state index >= 15 is 0 Å². The zero-order valence-corrected chi connectivity index (χ0v) is 9.22. The number of rotatable bonds is 6. The molecule has 0 atom stereocenters. The molecule has 1 rings (SSSR count). The van der Waals surface area contributed by atoms with Gasteiger partial charge in [0.2, 0.25) is 0 Å². The van der Waals surface area contributed by atoms with E-state index in [1.54, 1.807) is 24.4 Å². The fourth-order valence-corrected chi connectivity index (χ4v) is 1.20. The highest BCUT2D eigenvalue weighted by molar-refractivity contribution is 5.64. The van der Waals surface area contributed by atoms with Crippen molar-refractivity contribution in [3.63, 3.8) is 0 Å². The lowest BCUT2D eigenvalue weighted by Gasteiger charge is -2.00. The van der Waals surface area contributed by atoms with Gasteiger partial charge in [-0.2, -0.15) is 5.10 Å². The van der Waals surface area contributed by atoms with Crippen LogP contribution >= 0.6 is 0 Å². The van der Waals surface area contributed by atoms with Crippen molar-refractivity contribution in [1.29, 1.82) is 0 Å². The van der Waals surface area contributed by atoms with Crippen molar-refractivity contribution in [2.75, 3.05) is 5.43 Å². The molecule has 5 heteroatoms. The van der Waals surface area contributed by atoms with Crippen LogP contribution in [-0.4, -0.2) is 11.1 Å². The summed E-state index contributed by atoms with van der Waals surface area (Å²) in [7, 11) is 0. The van der Waals surface area contributed by atoms with Crippen LogP contribution in [0.15, 0.2) is 29.4 Å². The van der Waals surface area contributed by atoms with Gasteiger partial charge in [-0.3, -0.25) is 15.5 Å². The van der Waals surface area contributed by atoms with E-state index in [-0.39, 0.29) is 5.69 Å². The van der Waals surface area contributed by atoms with Gasteiger partial charge in [0.1, 0.15) is 5.69 Å². The van der Waals surface area contributed by atoms with E-state index in [4.69, 9.17) is 0 Å². The molecule has 0 heterocycles. The second-order valence-electron chi connectivity index (χ2n) is 3.34. The molecule has 0 fully saturated rings. The highest BCUT2D eigenvalue weighted by Crippen LogP contribution is 2.22. The molecule has 86 valence electrons. The average Bonchev–Trinajstić information content (AvgIpc) is 2.29. The Morgan fingerprint density at radius 3 is 2.94 bits per heavy atom. The molecule has 0 saturated carbocycles. The minimum Gasteiger partial charge on any atom is -0.272 e. The Kier molecular flexibility index (Phi) is 4.98. The number of nitro groups is 1. The summed E-state index contributed by atoms with van der Waals surface area (Å²) in [6.45, 7) is 2.10. The van der Waals surface area contributed by atoms with Crippen LogP contribution in [0.5, 0.6) is 0 Å².